The smallest absolute Gasteiger partial charge is 0.319 e. The summed E-state index contributed by atoms with van der Waals surface area (Å²) in [6.45, 7) is 6.40. The van der Waals surface area contributed by atoms with Crippen LogP contribution in [0.3, 0.4) is 0 Å². The van der Waals surface area contributed by atoms with E-state index in [-0.39, 0.29) is 6.03 Å². The van der Waals surface area contributed by atoms with Crippen molar-refractivity contribution in [3.63, 3.8) is 0 Å². The van der Waals surface area contributed by atoms with Crippen molar-refractivity contribution in [1.29, 1.82) is 0 Å². The monoisotopic (exact) mass is 198 g/mol. The number of likely N-dealkylation sites (tertiary alicyclic amines) is 1. The Morgan fingerprint density at radius 1 is 1.36 bits per heavy atom. The van der Waals surface area contributed by atoms with Crippen molar-refractivity contribution >= 4 is 6.03 Å². The van der Waals surface area contributed by atoms with E-state index in [1.807, 2.05) is 19.0 Å². The van der Waals surface area contributed by atoms with Crippen molar-refractivity contribution < 1.29 is 4.79 Å². The third-order valence-corrected chi connectivity index (χ3v) is 3.48. The van der Waals surface area contributed by atoms with E-state index in [4.69, 9.17) is 0 Å². The maximum absolute atomic E-state index is 11.6. The van der Waals surface area contributed by atoms with Gasteiger partial charge in [-0.3, -0.25) is 0 Å². The molecule has 0 N–H and O–H groups in total. The van der Waals surface area contributed by atoms with Gasteiger partial charge in [0, 0.05) is 27.2 Å². The summed E-state index contributed by atoms with van der Waals surface area (Å²) in [4.78, 5) is 15.3. The molecule has 14 heavy (non-hydrogen) atoms. The Hall–Kier alpha value is -0.730. The Balaban J connectivity index is 2.47. The van der Waals surface area contributed by atoms with Crippen molar-refractivity contribution in [2.24, 2.45) is 5.41 Å². The van der Waals surface area contributed by atoms with Crippen molar-refractivity contribution in [3.8, 4) is 0 Å². The van der Waals surface area contributed by atoms with Crippen molar-refractivity contribution in [2.75, 3.05) is 27.2 Å². The molecule has 0 spiro atoms. The second-order valence-electron chi connectivity index (χ2n) is 4.83. The fraction of sp³-hybridized carbons (Fsp3) is 0.909. The van der Waals surface area contributed by atoms with Crippen LogP contribution in [0.5, 0.6) is 0 Å². The van der Waals surface area contributed by atoms with Gasteiger partial charge in [0.1, 0.15) is 0 Å². The first-order valence-electron chi connectivity index (χ1n) is 5.45. The number of carbonyl (C=O) groups is 1. The van der Waals surface area contributed by atoms with Crippen LogP contribution >= 0.6 is 0 Å². The molecule has 0 atom stereocenters. The predicted octanol–water partition coefficient (Wildman–Crippen LogP) is 2.18. The molecule has 0 unspecified atom stereocenters. The molecule has 1 heterocycles. The molecule has 0 aromatic carbocycles. The molecule has 0 radical (unpaired) electrons. The van der Waals surface area contributed by atoms with E-state index in [0.29, 0.717) is 5.41 Å². The minimum atomic E-state index is 0.156. The fourth-order valence-electron chi connectivity index (χ4n) is 1.87. The first kappa shape index (κ1) is 11.3. The van der Waals surface area contributed by atoms with Gasteiger partial charge in [0.25, 0.3) is 0 Å². The van der Waals surface area contributed by atoms with E-state index in [1.165, 1.54) is 6.42 Å². The van der Waals surface area contributed by atoms with E-state index >= 15 is 0 Å². The third kappa shape index (κ3) is 2.40. The summed E-state index contributed by atoms with van der Waals surface area (Å²) in [7, 11) is 3.63. The summed E-state index contributed by atoms with van der Waals surface area (Å²) in [5.74, 6) is 0. The summed E-state index contributed by atoms with van der Waals surface area (Å²) in [6, 6.07) is 0.156. The van der Waals surface area contributed by atoms with Crippen LogP contribution in [-0.2, 0) is 0 Å². The SMILES string of the molecule is CCC1(C)CCN(C(=O)N(C)C)CC1. The second-order valence-corrected chi connectivity index (χ2v) is 4.83. The van der Waals surface area contributed by atoms with Gasteiger partial charge in [-0.25, -0.2) is 4.79 Å². The highest BCUT2D eigenvalue weighted by Gasteiger charge is 2.30. The summed E-state index contributed by atoms with van der Waals surface area (Å²) < 4.78 is 0. The number of carbonyl (C=O) groups excluding carboxylic acids is 1. The molecule has 1 fully saturated rings. The number of nitrogens with zero attached hydrogens (tertiary/aromatic N) is 2. The van der Waals surface area contributed by atoms with Gasteiger partial charge in [0.2, 0.25) is 0 Å². The molecule has 1 rings (SSSR count). The Morgan fingerprint density at radius 3 is 2.21 bits per heavy atom. The third-order valence-electron chi connectivity index (χ3n) is 3.48. The largest absolute Gasteiger partial charge is 0.331 e. The van der Waals surface area contributed by atoms with E-state index < -0.39 is 0 Å². The Kier molecular flexibility index (Phi) is 3.40. The maximum Gasteiger partial charge on any atom is 0.319 e. The van der Waals surface area contributed by atoms with E-state index in [9.17, 15) is 4.79 Å². The first-order chi connectivity index (χ1) is 6.48. The lowest BCUT2D eigenvalue weighted by atomic mass is 9.78. The van der Waals surface area contributed by atoms with Crippen LogP contribution in [0.25, 0.3) is 0 Å². The zero-order chi connectivity index (χ0) is 10.8. The average Bonchev–Trinajstić information content (AvgIpc) is 2.18. The topological polar surface area (TPSA) is 23.6 Å². The Bertz CT molecular complexity index is 205. The number of hydrogen-bond acceptors (Lipinski definition) is 1. The normalized spacial score (nSPS) is 20.7. The molecular weight excluding hydrogens is 176 g/mol. The quantitative estimate of drug-likeness (QED) is 0.633. The van der Waals surface area contributed by atoms with Crippen LogP contribution in [0.15, 0.2) is 0 Å². The van der Waals surface area contributed by atoms with Gasteiger partial charge in [0.15, 0.2) is 0 Å². The minimum absolute atomic E-state index is 0.156. The molecule has 0 aromatic heterocycles. The second kappa shape index (κ2) is 4.20. The van der Waals surface area contributed by atoms with Gasteiger partial charge in [0.05, 0.1) is 0 Å². The summed E-state index contributed by atoms with van der Waals surface area (Å²) in [6.07, 6.45) is 3.50. The highest BCUT2D eigenvalue weighted by Crippen LogP contribution is 2.33. The molecule has 0 saturated carbocycles. The summed E-state index contributed by atoms with van der Waals surface area (Å²) in [5.41, 5.74) is 0.461. The van der Waals surface area contributed by atoms with Crippen molar-refractivity contribution in [1.82, 2.24) is 9.80 Å². The Labute approximate surface area is 87.1 Å². The van der Waals surface area contributed by atoms with Crippen LogP contribution in [0.1, 0.15) is 33.1 Å². The van der Waals surface area contributed by atoms with E-state index in [2.05, 4.69) is 13.8 Å². The zero-order valence-corrected chi connectivity index (χ0v) is 9.84. The van der Waals surface area contributed by atoms with Crippen LogP contribution in [0.2, 0.25) is 0 Å². The van der Waals surface area contributed by atoms with Crippen molar-refractivity contribution in [3.05, 3.63) is 0 Å². The molecule has 82 valence electrons. The highest BCUT2D eigenvalue weighted by atomic mass is 16.2. The summed E-state index contributed by atoms with van der Waals surface area (Å²) in [5, 5.41) is 0. The van der Waals surface area contributed by atoms with Gasteiger partial charge in [-0.1, -0.05) is 20.3 Å². The standard InChI is InChI=1S/C11H22N2O/c1-5-11(2)6-8-13(9-7-11)10(14)12(3)4/h5-9H2,1-4H3. The Morgan fingerprint density at radius 2 is 1.86 bits per heavy atom. The van der Waals surface area contributed by atoms with Gasteiger partial charge in [-0.15, -0.1) is 0 Å². The van der Waals surface area contributed by atoms with E-state index in [1.54, 1.807) is 4.90 Å². The average molecular weight is 198 g/mol. The predicted molar refractivity (Wildman–Crippen MR) is 58.3 cm³/mol. The lowest BCUT2D eigenvalue weighted by Crippen LogP contribution is -2.46. The van der Waals surface area contributed by atoms with E-state index in [0.717, 1.165) is 25.9 Å². The minimum Gasteiger partial charge on any atom is -0.331 e. The lowest BCUT2D eigenvalue weighted by molar-refractivity contribution is 0.112. The molecule has 1 aliphatic rings. The van der Waals surface area contributed by atoms with Gasteiger partial charge in [-0.2, -0.15) is 0 Å². The number of hydrogen-bond donors (Lipinski definition) is 0. The van der Waals surface area contributed by atoms with Crippen LogP contribution in [0, 0.1) is 5.41 Å². The highest BCUT2D eigenvalue weighted by molar-refractivity contribution is 5.73. The molecule has 3 heteroatoms. The van der Waals surface area contributed by atoms with Gasteiger partial charge >= 0.3 is 6.03 Å². The fourth-order valence-corrected chi connectivity index (χ4v) is 1.87. The van der Waals surface area contributed by atoms with Crippen LogP contribution in [-0.4, -0.2) is 43.0 Å². The molecule has 1 aliphatic heterocycles. The first-order valence-corrected chi connectivity index (χ1v) is 5.45. The molecule has 3 nitrogen and oxygen atoms in total. The number of rotatable bonds is 1. The zero-order valence-electron chi connectivity index (χ0n) is 9.84. The van der Waals surface area contributed by atoms with Gasteiger partial charge in [-0.05, 0) is 18.3 Å². The number of urea groups is 1. The maximum atomic E-state index is 11.6. The molecule has 0 aliphatic carbocycles. The summed E-state index contributed by atoms with van der Waals surface area (Å²) >= 11 is 0. The molecule has 0 aromatic rings. The molecule has 2 amide bonds. The van der Waals surface area contributed by atoms with Gasteiger partial charge < -0.3 is 9.80 Å². The number of amides is 2. The lowest BCUT2D eigenvalue weighted by Gasteiger charge is -2.39. The molecule has 0 bridgehead atoms. The van der Waals surface area contributed by atoms with Crippen LogP contribution in [0.4, 0.5) is 4.79 Å². The van der Waals surface area contributed by atoms with Crippen molar-refractivity contribution in [2.45, 2.75) is 33.1 Å². The number of piperidine rings is 1. The molecule has 1 saturated heterocycles. The molecular formula is C11H22N2O. The van der Waals surface area contributed by atoms with Crippen LogP contribution < -0.4 is 0 Å².